The van der Waals surface area contributed by atoms with Crippen LogP contribution < -0.4 is 21.1 Å². The molecule has 5 rings (SSSR count). The first-order valence-corrected chi connectivity index (χ1v) is 11.6. The summed E-state index contributed by atoms with van der Waals surface area (Å²) in [4.78, 5) is 44.7. The summed E-state index contributed by atoms with van der Waals surface area (Å²) in [6.45, 7) is 2.28. The second-order valence-corrected chi connectivity index (χ2v) is 9.43. The number of carbonyl (C=O) groups is 2. The van der Waals surface area contributed by atoms with Gasteiger partial charge in [-0.3, -0.25) is 14.5 Å². The van der Waals surface area contributed by atoms with Crippen molar-refractivity contribution in [3.63, 3.8) is 0 Å². The van der Waals surface area contributed by atoms with E-state index in [1.165, 1.54) is 0 Å². The average Bonchev–Trinajstić information content (AvgIpc) is 3.24. The topological polar surface area (TPSA) is 119 Å². The molecular formula is C25H29N5O4. The lowest BCUT2D eigenvalue weighted by atomic mass is 9.88. The van der Waals surface area contributed by atoms with Crippen LogP contribution in [0.4, 0.5) is 5.69 Å². The number of carbonyl (C=O) groups excluding carboxylic acids is 2. The van der Waals surface area contributed by atoms with E-state index in [0.29, 0.717) is 23.1 Å². The Kier molecular flexibility index (Phi) is 5.65. The Bertz CT molecular complexity index is 1280. The van der Waals surface area contributed by atoms with Crippen LogP contribution in [-0.4, -0.2) is 51.9 Å². The minimum atomic E-state index is -0.415. The minimum absolute atomic E-state index is 0.0198. The maximum Gasteiger partial charge on any atom is 0.323 e. The molecule has 0 radical (unpaired) electrons. The van der Waals surface area contributed by atoms with E-state index in [-0.39, 0.29) is 36.1 Å². The van der Waals surface area contributed by atoms with E-state index < -0.39 is 5.54 Å². The molecule has 3 atom stereocenters. The van der Waals surface area contributed by atoms with Crippen molar-refractivity contribution in [1.29, 1.82) is 0 Å². The number of benzene rings is 2. The predicted octanol–water partition coefficient (Wildman–Crippen LogP) is 2.68. The molecule has 3 heterocycles. The summed E-state index contributed by atoms with van der Waals surface area (Å²) in [5.74, 6) is 0.701. The number of anilines is 1. The smallest absolute Gasteiger partial charge is 0.323 e. The highest BCUT2D eigenvalue weighted by Gasteiger charge is 2.51. The molecule has 0 bridgehead atoms. The zero-order valence-electron chi connectivity index (χ0n) is 19.3. The summed E-state index contributed by atoms with van der Waals surface area (Å²) in [5, 5.41) is 6.21. The standard InChI is InChI=1S/C25H29N5O4/c1-25-13-20(15-6-9-17(34-2)10-7-15)30(21(25)4-3-5-22(31)29-25)14-23(32)26-16-8-11-18-19(12-16)28-24(33)27-18/h6-12,20-21H,3-5,13-14H2,1-2H3,(H,26,32)(H,29,31)(H2,27,28,33)/t20-,21-,25-/m0/s1. The van der Waals surface area contributed by atoms with Crippen LogP contribution in [-0.2, 0) is 9.59 Å². The number of hydrogen-bond acceptors (Lipinski definition) is 5. The van der Waals surface area contributed by atoms with Crippen LogP contribution in [0.1, 0.15) is 44.2 Å². The maximum absolute atomic E-state index is 13.2. The normalized spacial score (nSPS) is 24.9. The fraction of sp³-hybridized carbons (Fsp3) is 0.400. The Morgan fingerprint density at radius 1 is 1.15 bits per heavy atom. The Labute approximate surface area is 196 Å². The highest BCUT2D eigenvalue weighted by atomic mass is 16.5. The number of amides is 2. The van der Waals surface area contributed by atoms with Gasteiger partial charge in [-0.15, -0.1) is 0 Å². The fourth-order valence-corrected chi connectivity index (χ4v) is 5.53. The van der Waals surface area contributed by atoms with Crippen molar-refractivity contribution in [2.45, 2.75) is 50.2 Å². The summed E-state index contributed by atoms with van der Waals surface area (Å²) < 4.78 is 5.31. The van der Waals surface area contributed by atoms with Gasteiger partial charge in [-0.05, 0) is 62.1 Å². The number of rotatable bonds is 5. The lowest BCUT2D eigenvalue weighted by Gasteiger charge is -2.34. The van der Waals surface area contributed by atoms with Gasteiger partial charge in [0.25, 0.3) is 0 Å². The monoisotopic (exact) mass is 463 g/mol. The largest absolute Gasteiger partial charge is 0.497 e. The van der Waals surface area contributed by atoms with Crippen molar-refractivity contribution < 1.29 is 14.3 Å². The number of likely N-dealkylation sites (tertiary alicyclic amines) is 1. The first-order valence-electron chi connectivity index (χ1n) is 11.6. The van der Waals surface area contributed by atoms with Crippen molar-refractivity contribution in [3.8, 4) is 5.75 Å². The van der Waals surface area contributed by atoms with Gasteiger partial charge >= 0.3 is 5.69 Å². The van der Waals surface area contributed by atoms with Gasteiger partial charge in [0, 0.05) is 24.2 Å². The Morgan fingerprint density at radius 3 is 2.68 bits per heavy atom. The van der Waals surface area contributed by atoms with Gasteiger partial charge in [0.1, 0.15) is 5.75 Å². The van der Waals surface area contributed by atoms with Crippen LogP contribution in [0.5, 0.6) is 5.75 Å². The first-order chi connectivity index (χ1) is 16.3. The zero-order valence-corrected chi connectivity index (χ0v) is 19.3. The molecule has 4 N–H and O–H groups in total. The maximum atomic E-state index is 13.2. The van der Waals surface area contributed by atoms with Crippen molar-refractivity contribution >= 4 is 28.5 Å². The molecule has 0 aliphatic carbocycles. The molecule has 2 fully saturated rings. The number of fused-ring (bicyclic) bond motifs is 2. The van der Waals surface area contributed by atoms with Crippen molar-refractivity contribution in [2.24, 2.45) is 0 Å². The van der Waals surface area contributed by atoms with E-state index in [4.69, 9.17) is 4.74 Å². The summed E-state index contributed by atoms with van der Waals surface area (Å²) in [5.41, 5.74) is 2.33. The molecule has 2 saturated heterocycles. The van der Waals surface area contributed by atoms with Crippen LogP contribution in [0.25, 0.3) is 11.0 Å². The molecule has 2 aromatic carbocycles. The second-order valence-electron chi connectivity index (χ2n) is 9.43. The van der Waals surface area contributed by atoms with Gasteiger partial charge in [-0.1, -0.05) is 12.1 Å². The third-order valence-corrected chi connectivity index (χ3v) is 7.09. The minimum Gasteiger partial charge on any atom is -0.497 e. The fourth-order valence-electron chi connectivity index (χ4n) is 5.53. The Balaban J connectivity index is 1.41. The molecule has 3 aromatic rings. The van der Waals surface area contributed by atoms with Gasteiger partial charge in [-0.25, -0.2) is 4.79 Å². The first kappa shape index (κ1) is 22.2. The van der Waals surface area contributed by atoms with Crippen LogP contribution in [0.3, 0.4) is 0 Å². The van der Waals surface area contributed by atoms with E-state index in [1.807, 2.05) is 24.3 Å². The molecule has 2 aliphatic heterocycles. The molecule has 2 aliphatic rings. The Morgan fingerprint density at radius 2 is 1.91 bits per heavy atom. The number of aromatic nitrogens is 2. The SMILES string of the molecule is COc1ccc([C@@H]2C[C@]3(C)NC(=O)CCC[C@@H]3N2CC(=O)Nc2ccc3[nH]c(=O)[nH]c3c2)cc1. The van der Waals surface area contributed by atoms with Crippen molar-refractivity contribution in [2.75, 3.05) is 19.0 Å². The molecule has 178 valence electrons. The predicted molar refractivity (Wildman–Crippen MR) is 129 cm³/mol. The molecule has 34 heavy (non-hydrogen) atoms. The zero-order chi connectivity index (χ0) is 23.9. The van der Waals surface area contributed by atoms with Crippen LogP contribution in [0.15, 0.2) is 47.3 Å². The third kappa shape index (κ3) is 4.19. The third-order valence-electron chi connectivity index (χ3n) is 7.09. The molecule has 0 unspecified atom stereocenters. The summed E-state index contributed by atoms with van der Waals surface area (Å²) in [7, 11) is 1.64. The van der Waals surface area contributed by atoms with Gasteiger partial charge in [0.15, 0.2) is 0 Å². The molecule has 9 heteroatoms. The van der Waals surface area contributed by atoms with Gasteiger partial charge in [-0.2, -0.15) is 0 Å². The van der Waals surface area contributed by atoms with Gasteiger partial charge in [0.05, 0.1) is 30.2 Å². The van der Waals surface area contributed by atoms with E-state index in [9.17, 15) is 14.4 Å². The number of nitrogens with one attached hydrogen (secondary N) is 4. The molecule has 1 aromatic heterocycles. The molecule has 2 amide bonds. The lowest BCUT2D eigenvalue weighted by Crippen LogP contribution is -2.53. The van der Waals surface area contributed by atoms with Crippen LogP contribution in [0, 0.1) is 0 Å². The average molecular weight is 464 g/mol. The summed E-state index contributed by atoms with van der Waals surface area (Å²) in [6, 6.07) is 13.2. The number of aromatic amines is 2. The van der Waals surface area contributed by atoms with Gasteiger partial charge in [0.2, 0.25) is 11.8 Å². The summed E-state index contributed by atoms with van der Waals surface area (Å²) >= 11 is 0. The number of hydrogen-bond donors (Lipinski definition) is 4. The molecule has 0 saturated carbocycles. The van der Waals surface area contributed by atoms with Crippen molar-refractivity contribution in [3.05, 3.63) is 58.5 Å². The van der Waals surface area contributed by atoms with E-state index in [1.54, 1.807) is 25.3 Å². The quantitative estimate of drug-likeness (QED) is 0.464. The number of methoxy groups -OCH3 is 1. The van der Waals surface area contributed by atoms with Gasteiger partial charge < -0.3 is 25.3 Å². The number of ether oxygens (including phenoxy) is 1. The van der Waals surface area contributed by atoms with Crippen LogP contribution in [0.2, 0.25) is 0 Å². The Hall–Kier alpha value is -3.59. The molecule has 0 spiro atoms. The number of nitrogens with zero attached hydrogens (tertiary/aromatic N) is 1. The van der Waals surface area contributed by atoms with Crippen LogP contribution >= 0.6 is 0 Å². The number of H-pyrrole nitrogens is 2. The van der Waals surface area contributed by atoms with E-state index in [2.05, 4.69) is 32.4 Å². The highest BCUT2D eigenvalue weighted by Crippen LogP contribution is 2.45. The molecular weight excluding hydrogens is 434 g/mol. The lowest BCUT2D eigenvalue weighted by molar-refractivity contribution is -0.122. The second kappa shape index (κ2) is 8.64. The molecule has 9 nitrogen and oxygen atoms in total. The number of imidazole rings is 1. The van der Waals surface area contributed by atoms with E-state index >= 15 is 0 Å². The van der Waals surface area contributed by atoms with E-state index in [0.717, 1.165) is 30.6 Å². The highest BCUT2D eigenvalue weighted by molar-refractivity contribution is 5.94. The summed E-state index contributed by atoms with van der Waals surface area (Å²) in [6.07, 6.45) is 2.86. The van der Waals surface area contributed by atoms with Crippen molar-refractivity contribution in [1.82, 2.24) is 20.2 Å².